The molecule has 1 heterocycles. The summed E-state index contributed by atoms with van der Waals surface area (Å²) < 4.78 is 1.87. The molecule has 2 rings (SSSR count). The fourth-order valence-corrected chi connectivity index (χ4v) is 2.34. The number of benzene rings is 1. The van der Waals surface area contributed by atoms with E-state index in [1.165, 1.54) is 6.20 Å². The number of carbonyl (C=O) groups is 1. The van der Waals surface area contributed by atoms with Gasteiger partial charge in [-0.05, 0) is 81.1 Å². The molecular formula is C13H9BrIN3OS. The minimum Gasteiger partial charge on any atom is -0.332 e. The third kappa shape index (κ3) is 4.50. The summed E-state index contributed by atoms with van der Waals surface area (Å²) in [5.74, 6) is -0.304. The number of hydrogen-bond acceptors (Lipinski definition) is 3. The molecule has 4 nitrogen and oxygen atoms in total. The smallest absolute Gasteiger partial charge is 0.259 e. The highest BCUT2D eigenvalue weighted by molar-refractivity contribution is 14.1. The number of amides is 1. The van der Waals surface area contributed by atoms with Crippen molar-refractivity contribution < 1.29 is 4.79 Å². The Hall–Kier alpha value is -1.06. The van der Waals surface area contributed by atoms with E-state index in [0.717, 1.165) is 13.7 Å². The molecule has 2 N–H and O–H groups in total. The average Bonchev–Trinajstić information content (AvgIpc) is 2.41. The zero-order chi connectivity index (χ0) is 14.5. The van der Waals surface area contributed by atoms with Crippen molar-refractivity contribution in [2.24, 2.45) is 0 Å². The Morgan fingerprint density at radius 2 is 1.95 bits per heavy atom. The topological polar surface area (TPSA) is 54.0 Å². The molecule has 7 heteroatoms. The van der Waals surface area contributed by atoms with Crippen LogP contribution in [0.2, 0.25) is 0 Å². The first-order valence-electron chi connectivity index (χ1n) is 5.53. The number of pyridine rings is 1. The van der Waals surface area contributed by atoms with Crippen LogP contribution in [0.4, 0.5) is 5.69 Å². The summed E-state index contributed by atoms with van der Waals surface area (Å²) in [5.41, 5.74) is 1.26. The van der Waals surface area contributed by atoms with E-state index < -0.39 is 0 Å². The maximum Gasteiger partial charge on any atom is 0.259 e. The molecule has 0 aliphatic carbocycles. The first-order valence-corrected chi connectivity index (χ1v) is 7.81. The Balaban J connectivity index is 1.97. The molecule has 0 saturated carbocycles. The number of aromatic nitrogens is 1. The third-order valence-corrected chi connectivity index (χ3v) is 3.65. The lowest BCUT2D eigenvalue weighted by atomic mass is 10.3. The van der Waals surface area contributed by atoms with Crippen LogP contribution in [0.15, 0.2) is 47.2 Å². The fraction of sp³-hybridized carbons (Fsp3) is 0. The van der Waals surface area contributed by atoms with E-state index in [1.807, 2.05) is 24.3 Å². The van der Waals surface area contributed by atoms with E-state index in [2.05, 4.69) is 54.1 Å². The third-order valence-electron chi connectivity index (χ3n) is 2.30. The second kappa shape index (κ2) is 7.09. The minimum absolute atomic E-state index is 0.246. The molecule has 0 fully saturated rings. The number of anilines is 1. The van der Waals surface area contributed by atoms with Crippen LogP contribution >= 0.6 is 50.7 Å². The quantitative estimate of drug-likeness (QED) is 0.530. The summed E-state index contributed by atoms with van der Waals surface area (Å²) in [4.78, 5) is 15.9. The van der Waals surface area contributed by atoms with E-state index >= 15 is 0 Å². The van der Waals surface area contributed by atoms with Crippen LogP contribution < -0.4 is 10.6 Å². The molecule has 0 saturated heterocycles. The summed E-state index contributed by atoms with van der Waals surface area (Å²) in [6.07, 6.45) is 3.09. The zero-order valence-electron chi connectivity index (χ0n) is 10.1. The van der Waals surface area contributed by atoms with Gasteiger partial charge in [0.15, 0.2) is 5.11 Å². The van der Waals surface area contributed by atoms with Crippen molar-refractivity contribution >= 4 is 67.4 Å². The highest BCUT2D eigenvalue weighted by Gasteiger charge is 2.08. The molecule has 2 aromatic rings. The molecule has 0 atom stereocenters. The van der Waals surface area contributed by atoms with Gasteiger partial charge in [0.1, 0.15) is 0 Å². The molecule has 0 radical (unpaired) electrons. The van der Waals surface area contributed by atoms with Crippen LogP contribution in [0.1, 0.15) is 10.4 Å². The Labute approximate surface area is 143 Å². The van der Waals surface area contributed by atoms with Gasteiger partial charge in [-0.1, -0.05) is 0 Å². The molecule has 1 amide bonds. The maximum absolute atomic E-state index is 12.0. The summed E-state index contributed by atoms with van der Waals surface area (Å²) in [6.45, 7) is 0. The molecule has 102 valence electrons. The van der Waals surface area contributed by atoms with Crippen molar-refractivity contribution in [3.63, 3.8) is 0 Å². The number of thiocarbonyl (C=S) groups is 1. The van der Waals surface area contributed by atoms with Crippen LogP contribution in [-0.4, -0.2) is 16.0 Å². The van der Waals surface area contributed by atoms with Crippen molar-refractivity contribution in [1.82, 2.24) is 10.3 Å². The zero-order valence-corrected chi connectivity index (χ0v) is 14.6. The maximum atomic E-state index is 12.0. The molecule has 20 heavy (non-hydrogen) atoms. The minimum atomic E-state index is -0.304. The predicted octanol–water partition coefficient (Wildman–Crippen LogP) is 3.58. The predicted molar refractivity (Wildman–Crippen MR) is 94.8 cm³/mol. The number of carbonyl (C=O) groups excluding carboxylic acids is 1. The van der Waals surface area contributed by atoms with Gasteiger partial charge in [-0.3, -0.25) is 15.1 Å². The molecule has 0 bridgehead atoms. The van der Waals surface area contributed by atoms with Crippen molar-refractivity contribution in [2.45, 2.75) is 0 Å². The SMILES string of the molecule is O=C(NC(=S)Nc1ccc(I)cc1)c1cncc(Br)c1. The van der Waals surface area contributed by atoms with Crippen molar-refractivity contribution in [2.75, 3.05) is 5.32 Å². The first-order chi connectivity index (χ1) is 9.54. The summed E-state index contributed by atoms with van der Waals surface area (Å²) >= 11 is 10.6. The first kappa shape index (κ1) is 15.3. The van der Waals surface area contributed by atoms with Crippen LogP contribution in [0.3, 0.4) is 0 Å². The summed E-state index contributed by atoms with van der Waals surface area (Å²) in [7, 11) is 0. The van der Waals surface area contributed by atoms with Crippen LogP contribution in [0, 0.1) is 3.57 Å². The monoisotopic (exact) mass is 461 g/mol. The molecular weight excluding hydrogens is 453 g/mol. The Morgan fingerprint density at radius 1 is 1.25 bits per heavy atom. The lowest BCUT2D eigenvalue weighted by Gasteiger charge is -2.09. The van der Waals surface area contributed by atoms with Gasteiger partial charge in [-0.25, -0.2) is 0 Å². The van der Waals surface area contributed by atoms with Crippen LogP contribution in [0.5, 0.6) is 0 Å². The van der Waals surface area contributed by atoms with Gasteiger partial charge in [-0.15, -0.1) is 0 Å². The second-order valence-electron chi connectivity index (χ2n) is 3.81. The molecule has 0 spiro atoms. The number of rotatable bonds is 2. The van der Waals surface area contributed by atoms with Crippen LogP contribution in [0.25, 0.3) is 0 Å². The van der Waals surface area contributed by atoms with Gasteiger partial charge in [0, 0.05) is 26.1 Å². The molecule has 1 aromatic carbocycles. The van der Waals surface area contributed by atoms with Crippen LogP contribution in [-0.2, 0) is 0 Å². The largest absolute Gasteiger partial charge is 0.332 e. The number of hydrogen-bond donors (Lipinski definition) is 2. The normalized spacial score (nSPS) is 9.90. The highest BCUT2D eigenvalue weighted by atomic mass is 127. The number of nitrogens with one attached hydrogen (secondary N) is 2. The summed E-state index contributed by atoms with van der Waals surface area (Å²) in [6, 6.07) is 9.36. The lowest BCUT2D eigenvalue weighted by molar-refractivity contribution is 0.0977. The average molecular weight is 462 g/mol. The van der Waals surface area contributed by atoms with Gasteiger partial charge < -0.3 is 5.32 Å². The molecule has 1 aromatic heterocycles. The van der Waals surface area contributed by atoms with Gasteiger partial charge >= 0.3 is 0 Å². The van der Waals surface area contributed by atoms with Crippen molar-refractivity contribution in [1.29, 1.82) is 0 Å². The Kier molecular flexibility index (Phi) is 5.44. The fourth-order valence-electron chi connectivity index (χ4n) is 1.41. The second-order valence-corrected chi connectivity index (χ2v) is 6.38. The Bertz CT molecular complexity index is 648. The van der Waals surface area contributed by atoms with E-state index in [1.54, 1.807) is 12.3 Å². The molecule has 0 unspecified atom stereocenters. The van der Waals surface area contributed by atoms with E-state index in [9.17, 15) is 4.79 Å². The van der Waals surface area contributed by atoms with Gasteiger partial charge in [0.05, 0.1) is 5.56 Å². The van der Waals surface area contributed by atoms with Crippen molar-refractivity contribution in [3.05, 3.63) is 56.3 Å². The lowest BCUT2D eigenvalue weighted by Crippen LogP contribution is -2.34. The van der Waals surface area contributed by atoms with E-state index in [0.29, 0.717) is 5.56 Å². The molecule has 0 aliphatic heterocycles. The number of nitrogens with zero attached hydrogens (tertiary/aromatic N) is 1. The molecule has 0 aliphatic rings. The Morgan fingerprint density at radius 3 is 2.60 bits per heavy atom. The van der Waals surface area contributed by atoms with Crippen molar-refractivity contribution in [3.8, 4) is 0 Å². The van der Waals surface area contributed by atoms with Gasteiger partial charge in [0.2, 0.25) is 0 Å². The van der Waals surface area contributed by atoms with E-state index in [-0.39, 0.29) is 11.0 Å². The number of halogens is 2. The van der Waals surface area contributed by atoms with Gasteiger partial charge in [0.25, 0.3) is 5.91 Å². The highest BCUT2D eigenvalue weighted by Crippen LogP contribution is 2.11. The standard InChI is InChI=1S/C13H9BrIN3OS/c14-9-5-8(6-16-7-9)12(19)18-13(20)17-11-3-1-10(15)2-4-11/h1-7H,(H2,17,18,19,20). The van der Waals surface area contributed by atoms with E-state index in [4.69, 9.17) is 12.2 Å². The van der Waals surface area contributed by atoms with Gasteiger partial charge in [-0.2, -0.15) is 0 Å². The summed E-state index contributed by atoms with van der Waals surface area (Å²) in [5, 5.41) is 5.80.